The highest BCUT2D eigenvalue weighted by Gasteiger charge is 2.37. The van der Waals surface area contributed by atoms with Crippen molar-refractivity contribution in [2.75, 3.05) is 25.7 Å². The van der Waals surface area contributed by atoms with Gasteiger partial charge >= 0.3 is 0 Å². The molecule has 1 atom stereocenters. The summed E-state index contributed by atoms with van der Waals surface area (Å²) in [4.78, 5) is 13.2. The monoisotopic (exact) mass is 454 g/mol. The zero-order valence-corrected chi connectivity index (χ0v) is 18.4. The third-order valence-electron chi connectivity index (χ3n) is 6.24. The fraction of sp³-hybridized carbons (Fsp3) is 0.200. The van der Waals surface area contributed by atoms with Crippen molar-refractivity contribution in [3.63, 3.8) is 0 Å². The zero-order chi connectivity index (χ0) is 24.0. The molecule has 168 valence electrons. The standard InChI is InChI=1S/C25H18N4O5/c1-32-23-8-14-5-6-28-20-7-15(12-26)16(13-27)9-22(20)34-21-4-3-17(29(30)31)10-19(21)25(28)18(14)11-24(23)33-2/h3-4,7-11,25H,5-6H2,1-2H3. The molecular formula is C25H18N4O5. The number of nitriles is 2. The van der Waals surface area contributed by atoms with Crippen LogP contribution in [0.5, 0.6) is 23.0 Å². The Labute approximate surface area is 195 Å². The smallest absolute Gasteiger partial charge is 0.270 e. The van der Waals surface area contributed by atoms with E-state index in [4.69, 9.17) is 14.2 Å². The van der Waals surface area contributed by atoms with Gasteiger partial charge in [0.05, 0.1) is 42.0 Å². The van der Waals surface area contributed by atoms with Crippen LogP contribution in [0.3, 0.4) is 0 Å². The Morgan fingerprint density at radius 1 is 1.00 bits per heavy atom. The van der Waals surface area contributed by atoms with E-state index in [1.165, 1.54) is 12.1 Å². The number of nitrogens with zero attached hydrogens (tertiary/aromatic N) is 4. The number of benzene rings is 3. The lowest BCUT2D eigenvalue weighted by Crippen LogP contribution is -2.35. The van der Waals surface area contributed by atoms with Gasteiger partial charge in [-0.1, -0.05) is 0 Å². The van der Waals surface area contributed by atoms with Crippen molar-refractivity contribution < 1.29 is 19.1 Å². The van der Waals surface area contributed by atoms with Gasteiger partial charge in [0.15, 0.2) is 17.2 Å². The van der Waals surface area contributed by atoms with Gasteiger partial charge in [0, 0.05) is 30.3 Å². The van der Waals surface area contributed by atoms with E-state index >= 15 is 0 Å². The van der Waals surface area contributed by atoms with Crippen LogP contribution in [0, 0.1) is 32.8 Å². The largest absolute Gasteiger partial charge is 0.493 e. The molecule has 1 unspecified atom stereocenters. The van der Waals surface area contributed by atoms with Crippen LogP contribution in [-0.2, 0) is 6.42 Å². The Hall–Kier alpha value is -4.76. The number of anilines is 1. The predicted molar refractivity (Wildman–Crippen MR) is 121 cm³/mol. The lowest BCUT2D eigenvalue weighted by Gasteiger charge is -2.38. The maximum absolute atomic E-state index is 11.6. The summed E-state index contributed by atoms with van der Waals surface area (Å²) in [6.45, 7) is 0.558. The summed E-state index contributed by atoms with van der Waals surface area (Å²) in [6, 6.07) is 15.1. The van der Waals surface area contributed by atoms with Crippen molar-refractivity contribution in [2.24, 2.45) is 0 Å². The minimum atomic E-state index is -0.445. The first-order valence-electron chi connectivity index (χ1n) is 10.4. The van der Waals surface area contributed by atoms with E-state index < -0.39 is 11.0 Å². The number of methoxy groups -OCH3 is 2. The average molecular weight is 454 g/mol. The van der Waals surface area contributed by atoms with Crippen LogP contribution in [-0.4, -0.2) is 25.7 Å². The van der Waals surface area contributed by atoms with Crippen LogP contribution in [0.4, 0.5) is 11.4 Å². The Morgan fingerprint density at radius 3 is 2.38 bits per heavy atom. The molecule has 34 heavy (non-hydrogen) atoms. The summed E-state index contributed by atoms with van der Waals surface area (Å²) < 4.78 is 17.2. The summed E-state index contributed by atoms with van der Waals surface area (Å²) in [5.41, 5.74) is 3.54. The zero-order valence-electron chi connectivity index (χ0n) is 18.4. The lowest BCUT2D eigenvalue weighted by molar-refractivity contribution is -0.384. The van der Waals surface area contributed by atoms with Gasteiger partial charge in [-0.3, -0.25) is 10.1 Å². The van der Waals surface area contributed by atoms with Crippen molar-refractivity contribution in [3.8, 4) is 35.1 Å². The van der Waals surface area contributed by atoms with Gasteiger partial charge in [-0.15, -0.1) is 0 Å². The number of ether oxygens (including phenoxy) is 3. The molecular weight excluding hydrogens is 436 g/mol. The second-order valence-corrected chi connectivity index (χ2v) is 7.92. The SMILES string of the molecule is COc1cc2c(cc1OC)C1c3cc([N+](=O)[O-])ccc3Oc3cc(C#N)c(C#N)cc3N1CC2. The number of non-ortho nitro benzene ring substituents is 1. The molecule has 0 N–H and O–H groups in total. The fourth-order valence-electron chi connectivity index (χ4n) is 4.67. The van der Waals surface area contributed by atoms with Gasteiger partial charge in [-0.25, -0.2) is 0 Å². The van der Waals surface area contributed by atoms with Crippen LogP contribution in [0.25, 0.3) is 0 Å². The van der Waals surface area contributed by atoms with Gasteiger partial charge in [0.25, 0.3) is 5.69 Å². The number of fused-ring (bicyclic) bond motifs is 7. The molecule has 0 spiro atoms. The number of rotatable bonds is 3. The highest BCUT2D eigenvalue weighted by molar-refractivity contribution is 5.73. The predicted octanol–water partition coefficient (Wildman–Crippen LogP) is 4.61. The number of hydrogen-bond donors (Lipinski definition) is 0. The first kappa shape index (κ1) is 21.1. The summed E-state index contributed by atoms with van der Waals surface area (Å²) in [7, 11) is 3.13. The maximum Gasteiger partial charge on any atom is 0.270 e. The number of nitro groups is 1. The number of nitro benzene ring substituents is 1. The Kier molecular flexibility index (Phi) is 4.95. The van der Waals surface area contributed by atoms with Crippen molar-refractivity contribution in [3.05, 3.63) is 80.4 Å². The third kappa shape index (κ3) is 3.14. The molecule has 3 aromatic carbocycles. The minimum Gasteiger partial charge on any atom is -0.493 e. The maximum atomic E-state index is 11.6. The molecule has 3 aromatic rings. The highest BCUT2D eigenvalue weighted by Crippen LogP contribution is 2.51. The summed E-state index contributed by atoms with van der Waals surface area (Å²) in [5, 5.41) is 30.7. The molecule has 0 aliphatic carbocycles. The van der Waals surface area contributed by atoms with Crippen LogP contribution in [0.15, 0.2) is 42.5 Å². The molecule has 0 aromatic heterocycles. The quantitative estimate of drug-likeness (QED) is 0.415. The summed E-state index contributed by atoms with van der Waals surface area (Å²) >= 11 is 0. The molecule has 2 aliphatic rings. The van der Waals surface area contributed by atoms with Crippen molar-refractivity contribution >= 4 is 11.4 Å². The van der Waals surface area contributed by atoms with E-state index in [0.717, 1.165) is 11.1 Å². The van der Waals surface area contributed by atoms with Crippen LogP contribution < -0.4 is 19.1 Å². The molecule has 9 nitrogen and oxygen atoms in total. The average Bonchev–Trinajstić information content (AvgIpc) is 3.00. The molecule has 0 amide bonds. The van der Waals surface area contributed by atoms with E-state index in [-0.39, 0.29) is 16.8 Å². The van der Waals surface area contributed by atoms with Gasteiger partial charge in [0.2, 0.25) is 0 Å². The van der Waals surface area contributed by atoms with E-state index in [9.17, 15) is 20.6 Å². The summed E-state index contributed by atoms with van der Waals surface area (Å²) in [5.74, 6) is 2.00. The van der Waals surface area contributed by atoms with Crippen LogP contribution >= 0.6 is 0 Å². The van der Waals surface area contributed by atoms with Crippen molar-refractivity contribution in [1.29, 1.82) is 10.5 Å². The minimum absolute atomic E-state index is 0.0590. The Balaban J connectivity index is 1.82. The highest BCUT2D eigenvalue weighted by atomic mass is 16.6. The first-order valence-corrected chi connectivity index (χ1v) is 10.4. The van der Waals surface area contributed by atoms with Crippen molar-refractivity contribution in [2.45, 2.75) is 12.5 Å². The molecule has 0 bridgehead atoms. The van der Waals surface area contributed by atoms with Gasteiger partial charge < -0.3 is 19.1 Å². The van der Waals surface area contributed by atoms with E-state index in [0.29, 0.717) is 47.2 Å². The third-order valence-corrected chi connectivity index (χ3v) is 6.24. The van der Waals surface area contributed by atoms with E-state index in [1.54, 1.807) is 32.4 Å². The molecule has 0 radical (unpaired) electrons. The second kappa shape index (κ2) is 7.98. The van der Waals surface area contributed by atoms with Crippen LogP contribution in [0.1, 0.15) is 33.9 Å². The normalized spacial score (nSPS) is 15.2. The summed E-state index contributed by atoms with van der Waals surface area (Å²) in [6.07, 6.45) is 0.664. The van der Waals surface area contributed by atoms with Gasteiger partial charge in [-0.05, 0) is 41.8 Å². The Morgan fingerprint density at radius 2 is 1.71 bits per heavy atom. The molecule has 2 heterocycles. The topological polar surface area (TPSA) is 122 Å². The molecule has 2 aliphatic heterocycles. The fourth-order valence-corrected chi connectivity index (χ4v) is 4.67. The number of hydrogen-bond acceptors (Lipinski definition) is 8. The van der Waals surface area contributed by atoms with Crippen LogP contribution in [0.2, 0.25) is 0 Å². The first-order chi connectivity index (χ1) is 16.5. The second-order valence-electron chi connectivity index (χ2n) is 7.92. The Bertz CT molecular complexity index is 1440. The molecule has 0 saturated heterocycles. The molecule has 0 fully saturated rings. The van der Waals surface area contributed by atoms with Crippen molar-refractivity contribution in [1.82, 2.24) is 0 Å². The van der Waals surface area contributed by atoms with Gasteiger partial charge in [-0.2, -0.15) is 10.5 Å². The van der Waals surface area contributed by atoms with Gasteiger partial charge in [0.1, 0.15) is 17.9 Å². The van der Waals surface area contributed by atoms with E-state index in [2.05, 4.69) is 11.0 Å². The lowest BCUT2D eigenvalue weighted by atomic mass is 9.86. The molecule has 0 saturated carbocycles. The van der Waals surface area contributed by atoms with E-state index in [1.807, 2.05) is 18.2 Å². The molecule has 9 heteroatoms. The molecule has 5 rings (SSSR count).